The van der Waals surface area contributed by atoms with E-state index >= 15 is 0 Å². The van der Waals surface area contributed by atoms with Gasteiger partial charge < -0.3 is 14.9 Å². The van der Waals surface area contributed by atoms with Gasteiger partial charge in [-0.05, 0) is 19.3 Å². The predicted octanol–water partition coefficient (Wildman–Crippen LogP) is 1.57. The molecule has 0 rings (SSSR count). The molecule has 0 saturated heterocycles. The second-order valence-electron chi connectivity index (χ2n) is 4.37. The number of rotatable bonds is 10. The first-order valence-corrected chi connectivity index (χ1v) is 6.47. The number of carbonyl (C=O) groups excluding carboxylic acids is 1. The Labute approximate surface area is 112 Å². The average molecular weight is 274 g/mol. The highest BCUT2D eigenvalue weighted by Gasteiger charge is 2.53. The van der Waals surface area contributed by atoms with Crippen LogP contribution in [0.4, 0.5) is 0 Å². The van der Waals surface area contributed by atoms with Crippen LogP contribution in [0, 0.1) is 11.3 Å². The van der Waals surface area contributed by atoms with Crippen molar-refractivity contribution in [1.29, 1.82) is 0 Å². The number of Topliss-reactive ketones (excluding diaryl/α,β-unsaturated/α-hetero) is 1. The normalized spacial score (nSPS) is 14.1. The molecule has 6 nitrogen and oxygen atoms in total. The highest BCUT2D eigenvalue weighted by atomic mass is 16.5. The Balaban J connectivity index is 5.53. The highest BCUT2D eigenvalue weighted by molar-refractivity contribution is 6.39. The van der Waals surface area contributed by atoms with E-state index in [0.29, 0.717) is 19.4 Å². The van der Waals surface area contributed by atoms with E-state index in [9.17, 15) is 19.5 Å². The van der Waals surface area contributed by atoms with Crippen molar-refractivity contribution < 1.29 is 29.3 Å². The van der Waals surface area contributed by atoms with Gasteiger partial charge in [0.15, 0.2) is 0 Å². The first-order chi connectivity index (χ1) is 8.88. The number of hydrogen-bond acceptors (Lipinski definition) is 4. The number of hydrogen-bond donors (Lipinski definition) is 2. The molecular formula is C13H22O6. The summed E-state index contributed by atoms with van der Waals surface area (Å²) in [5.74, 6) is -4.86. The molecule has 6 heteroatoms. The van der Waals surface area contributed by atoms with Crippen LogP contribution >= 0.6 is 0 Å². The third kappa shape index (κ3) is 3.76. The van der Waals surface area contributed by atoms with Crippen molar-refractivity contribution in [3.05, 3.63) is 0 Å². The van der Waals surface area contributed by atoms with Gasteiger partial charge in [0, 0.05) is 13.2 Å². The van der Waals surface area contributed by atoms with Gasteiger partial charge in [0.2, 0.25) is 0 Å². The summed E-state index contributed by atoms with van der Waals surface area (Å²) < 4.78 is 5.10. The van der Waals surface area contributed by atoms with Crippen LogP contribution in [0.3, 0.4) is 0 Å². The minimum atomic E-state index is -1.90. The molecule has 110 valence electrons. The van der Waals surface area contributed by atoms with E-state index in [1.807, 2.05) is 0 Å². The fourth-order valence-electron chi connectivity index (χ4n) is 2.44. The Morgan fingerprint density at radius 2 is 1.63 bits per heavy atom. The number of carboxylic acids is 2. The van der Waals surface area contributed by atoms with E-state index in [1.54, 1.807) is 20.8 Å². The van der Waals surface area contributed by atoms with Crippen molar-refractivity contribution in [2.45, 2.75) is 40.0 Å². The third-order valence-corrected chi connectivity index (χ3v) is 3.51. The number of ketones is 1. The Kier molecular flexibility index (Phi) is 7.29. The van der Waals surface area contributed by atoms with E-state index in [1.165, 1.54) is 0 Å². The fraction of sp³-hybridized carbons (Fsp3) is 0.769. The summed E-state index contributed by atoms with van der Waals surface area (Å²) >= 11 is 0. The van der Waals surface area contributed by atoms with Crippen LogP contribution in [-0.4, -0.2) is 41.1 Å². The van der Waals surface area contributed by atoms with E-state index in [4.69, 9.17) is 9.84 Å². The molecule has 0 aromatic carbocycles. The summed E-state index contributed by atoms with van der Waals surface area (Å²) in [6.45, 7) is 5.69. The molecule has 0 fully saturated rings. The quantitative estimate of drug-likeness (QED) is 0.356. The van der Waals surface area contributed by atoms with Gasteiger partial charge in [-0.3, -0.25) is 9.59 Å². The molecule has 0 bridgehead atoms. The number of carboxylic acid groups (broad SMARTS) is 2. The van der Waals surface area contributed by atoms with Crippen molar-refractivity contribution in [2.24, 2.45) is 11.3 Å². The molecule has 0 heterocycles. The molecule has 0 aromatic rings. The summed E-state index contributed by atoms with van der Waals surface area (Å²) in [5, 5.41) is 18.3. The van der Waals surface area contributed by atoms with Gasteiger partial charge in [-0.25, -0.2) is 4.79 Å². The molecule has 0 saturated carbocycles. The van der Waals surface area contributed by atoms with Crippen LogP contribution in [0.15, 0.2) is 0 Å². The smallest absolute Gasteiger partial charge is 0.373 e. The molecule has 0 spiro atoms. The molecule has 1 atom stereocenters. The van der Waals surface area contributed by atoms with E-state index in [0.717, 1.165) is 0 Å². The summed E-state index contributed by atoms with van der Waals surface area (Å²) in [6.07, 6.45) is 0.732. The minimum Gasteiger partial charge on any atom is -0.480 e. The maximum atomic E-state index is 11.9. The highest BCUT2D eigenvalue weighted by Crippen LogP contribution is 2.38. The van der Waals surface area contributed by atoms with Crippen molar-refractivity contribution in [1.82, 2.24) is 0 Å². The van der Waals surface area contributed by atoms with E-state index in [2.05, 4.69) is 0 Å². The number of ether oxygens (including phenoxy) is 1. The fourth-order valence-corrected chi connectivity index (χ4v) is 2.44. The summed E-state index contributed by atoms with van der Waals surface area (Å²) in [7, 11) is 0. The predicted molar refractivity (Wildman–Crippen MR) is 67.9 cm³/mol. The van der Waals surface area contributed by atoms with E-state index in [-0.39, 0.29) is 13.0 Å². The lowest BCUT2D eigenvalue weighted by molar-refractivity contribution is -0.169. The van der Waals surface area contributed by atoms with Crippen molar-refractivity contribution in [2.75, 3.05) is 13.2 Å². The number of aliphatic carboxylic acids is 2. The average Bonchev–Trinajstić information content (AvgIpc) is 2.36. The Hall–Kier alpha value is -1.43. The first kappa shape index (κ1) is 17.6. The second-order valence-corrected chi connectivity index (χ2v) is 4.37. The summed E-state index contributed by atoms with van der Waals surface area (Å²) in [5.41, 5.74) is -1.90. The first-order valence-electron chi connectivity index (χ1n) is 6.47. The van der Waals surface area contributed by atoms with Gasteiger partial charge in [-0.15, -0.1) is 0 Å². The SMILES string of the molecule is CCOCCC(C(=O)O)(C(=O)C(=O)O)C(CC)CC. The zero-order valence-electron chi connectivity index (χ0n) is 11.6. The molecule has 2 N–H and O–H groups in total. The van der Waals surface area contributed by atoms with Gasteiger partial charge >= 0.3 is 11.9 Å². The van der Waals surface area contributed by atoms with Crippen molar-refractivity contribution in [3.8, 4) is 0 Å². The molecule has 0 amide bonds. The molecular weight excluding hydrogens is 252 g/mol. The molecule has 0 aliphatic heterocycles. The standard InChI is InChI=1S/C13H22O6/c1-4-9(5-2)13(12(17)18,7-8-19-6-3)10(14)11(15)16/h9H,4-8H2,1-3H3,(H,15,16)(H,17,18). The Morgan fingerprint density at radius 1 is 1.11 bits per heavy atom. The third-order valence-electron chi connectivity index (χ3n) is 3.51. The molecule has 0 aromatic heterocycles. The van der Waals surface area contributed by atoms with Gasteiger partial charge in [0.05, 0.1) is 0 Å². The van der Waals surface area contributed by atoms with Crippen LogP contribution in [0.1, 0.15) is 40.0 Å². The largest absolute Gasteiger partial charge is 0.480 e. The lowest BCUT2D eigenvalue weighted by Crippen LogP contribution is -2.49. The Bertz CT molecular complexity index is 334. The van der Waals surface area contributed by atoms with Gasteiger partial charge in [-0.2, -0.15) is 0 Å². The van der Waals surface area contributed by atoms with Gasteiger partial charge in [0.25, 0.3) is 5.78 Å². The van der Waals surface area contributed by atoms with Crippen LogP contribution < -0.4 is 0 Å². The minimum absolute atomic E-state index is 0.0539. The maximum absolute atomic E-state index is 11.9. The zero-order chi connectivity index (χ0) is 15.1. The van der Waals surface area contributed by atoms with Crippen molar-refractivity contribution >= 4 is 17.7 Å². The van der Waals surface area contributed by atoms with Gasteiger partial charge in [-0.1, -0.05) is 26.7 Å². The van der Waals surface area contributed by atoms with Crippen LogP contribution in [0.25, 0.3) is 0 Å². The van der Waals surface area contributed by atoms with Crippen LogP contribution in [0.5, 0.6) is 0 Å². The molecule has 19 heavy (non-hydrogen) atoms. The molecule has 0 aliphatic rings. The van der Waals surface area contributed by atoms with E-state index < -0.39 is 29.1 Å². The Morgan fingerprint density at radius 3 is 1.95 bits per heavy atom. The van der Waals surface area contributed by atoms with Crippen LogP contribution in [-0.2, 0) is 19.1 Å². The second kappa shape index (κ2) is 7.89. The van der Waals surface area contributed by atoms with Crippen LogP contribution in [0.2, 0.25) is 0 Å². The summed E-state index contributed by atoms with van der Waals surface area (Å²) in [6, 6.07) is 0. The van der Waals surface area contributed by atoms with Crippen molar-refractivity contribution in [3.63, 3.8) is 0 Å². The number of carbonyl (C=O) groups is 3. The zero-order valence-corrected chi connectivity index (χ0v) is 11.6. The lowest BCUT2D eigenvalue weighted by atomic mass is 9.67. The molecule has 0 aliphatic carbocycles. The maximum Gasteiger partial charge on any atom is 0.373 e. The van der Waals surface area contributed by atoms with Gasteiger partial charge in [0.1, 0.15) is 5.41 Å². The topological polar surface area (TPSA) is 101 Å². The lowest BCUT2D eigenvalue weighted by Gasteiger charge is -2.33. The molecule has 1 unspecified atom stereocenters. The summed E-state index contributed by atoms with van der Waals surface area (Å²) in [4.78, 5) is 34.5. The molecule has 0 radical (unpaired) electrons. The monoisotopic (exact) mass is 274 g/mol.